The fourth-order valence-corrected chi connectivity index (χ4v) is 2.20. The molecule has 1 saturated carbocycles. The molecule has 15 heavy (non-hydrogen) atoms. The highest BCUT2D eigenvalue weighted by molar-refractivity contribution is 7.08. The van der Waals surface area contributed by atoms with Gasteiger partial charge >= 0.3 is 0 Å². The number of nitrogens with one attached hydrogen (secondary N) is 1. The summed E-state index contributed by atoms with van der Waals surface area (Å²) in [5.74, 6) is -0.0111. The van der Waals surface area contributed by atoms with E-state index in [4.69, 9.17) is 5.73 Å². The van der Waals surface area contributed by atoms with Crippen LogP contribution in [0.25, 0.3) is 0 Å². The molecule has 3 nitrogen and oxygen atoms in total. The van der Waals surface area contributed by atoms with Crippen molar-refractivity contribution in [2.75, 3.05) is 6.54 Å². The minimum Gasteiger partial charge on any atom is -0.350 e. The third kappa shape index (κ3) is 2.93. The molecule has 1 aromatic rings. The van der Waals surface area contributed by atoms with Crippen molar-refractivity contribution in [3.05, 3.63) is 22.4 Å². The van der Waals surface area contributed by atoms with Crippen LogP contribution in [-0.4, -0.2) is 18.0 Å². The van der Waals surface area contributed by atoms with Crippen LogP contribution in [0.2, 0.25) is 0 Å². The average molecular weight is 247 g/mol. The van der Waals surface area contributed by atoms with Crippen LogP contribution in [0.1, 0.15) is 29.6 Å². The summed E-state index contributed by atoms with van der Waals surface area (Å²) in [7, 11) is 0. The number of amides is 1. The molecule has 0 aliphatic heterocycles. The Bertz CT molecular complexity index is 322. The largest absolute Gasteiger partial charge is 0.350 e. The van der Waals surface area contributed by atoms with E-state index in [1.165, 1.54) is 17.8 Å². The molecular formula is C10H15ClN2OS. The Morgan fingerprint density at radius 2 is 2.33 bits per heavy atom. The van der Waals surface area contributed by atoms with Crippen molar-refractivity contribution >= 4 is 29.7 Å². The first-order valence-corrected chi connectivity index (χ1v) is 5.73. The third-order valence-electron chi connectivity index (χ3n) is 2.73. The highest BCUT2D eigenvalue weighted by Crippen LogP contribution is 2.28. The molecule has 0 radical (unpaired) electrons. The van der Waals surface area contributed by atoms with Crippen LogP contribution >= 0.6 is 23.7 Å². The van der Waals surface area contributed by atoms with E-state index < -0.39 is 0 Å². The van der Waals surface area contributed by atoms with Crippen LogP contribution in [0.5, 0.6) is 0 Å². The monoisotopic (exact) mass is 246 g/mol. The molecule has 1 heterocycles. The smallest absolute Gasteiger partial charge is 0.252 e. The van der Waals surface area contributed by atoms with Crippen molar-refractivity contribution in [1.29, 1.82) is 0 Å². The SMILES string of the molecule is Cl.NC1(CNC(=O)c2ccsc2)CCC1. The van der Waals surface area contributed by atoms with Crippen LogP contribution in [0.15, 0.2) is 16.8 Å². The predicted molar refractivity (Wildman–Crippen MR) is 64.7 cm³/mol. The fourth-order valence-electron chi connectivity index (χ4n) is 1.56. The van der Waals surface area contributed by atoms with Crippen molar-refractivity contribution in [3.63, 3.8) is 0 Å². The van der Waals surface area contributed by atoms with Crippen molar-refractivity contribution in [2.24, 2.45) is 5.73 Å². The number of carbonyl (C=O) groups is 1. The van der Waals surface area contributed by atoms with Gasteiger partial charge in [-0.05, 0) is 30.7 Å². The Morgan fingerprint density at radius 1 is 1.60 bits per heavy atom. The molecule has 0 atom stereocenters. The van der Waals surface area contributed by atoms with Crippen molar-refractivity contribution in [2.45, 2.75) is 24.8 Å². The summed E-state index contributed by atoms with van der Waals surface area (Å²) in [5.41, 5.74) is 6.59. The van der Waals surface area contributed by atoms with E-state index in [1.807, 2.05) is 16.8 Å². The van der Waals surface area contributed by atoms with E-state index in [0.29, 0.717) is 6.54 Å². The van der Waals surface area contributed by atoms with E-state index in [9.17, 15) is 4.79 Å². The van der Waals surface area contributed by atoms with Gasteiger partial charge in [-0.25, -0.2) is 0 Å². The van der Waals surface area contributed by atoms with Gasteiger partial charge in [-0.2, -0.15) is 11.3 Å². The van der Waals surface area contributed by atoms with Gasteiger partial charge in [0.05, 0.1) is 0 Å². The number of rotatable bonds is 3. The summed E-state index contributed by atoms with van der Waals surface area (Å²) in [6, 6.07) is 1.82. The van der Waals surface area contributed by atoms with Crippen LogP contribution in [0.4, 0.5) is 0 Å². The van der Waals surface area contributed by atoms with Gasteiger partial charge in [0.25, 0.3) is 5.91 Å². The Hall–Kier alpha value is -0.580. The summed E-state index contributed by atoms with van der Waals surface area (Å²) in [5, 5.41) is 6.62. The molecule has 0 bridgehead atoms. The fraction of sp³-hybridized carbons (Fsp3) is 0.500. The quantitative estimate of drug-likeness (QED) is 0.854. The van der Waals surface area contributed by atoms with Gasteiger partial charge in [0.1, 0.15) is 0 Å². The van der Waals surface area contributed by atoms with Gasteiger partial charge in [0.2, 0.25) is 0 Å². The maximum atomic E-state index is 11.5. The van der Waals surface area contributed by atoms with Gasteiger partial charge in [-0.1, -0.05) is 0 Å². The zero-order valence-electron chi connectivity index (χ0n) is 8.36. The van der Waals surface area contributed by atoms with Gasteiger partial charge in [0.15, 0.2) is 0 Å². The lowest BCUT2D eigenvalue weighted by atomic mass is 9.78. The molecule has 0 saturated heterocycles. The summed E-state index contributed by atoms with van der Waals surface area (Å²) in [6.07, 6.45) is 3.23. The lowest BCUT2D eigenvalue weighted by molar-refractivity contribution is 0.0930. The number of nitrogens with two attached hydrogens (primary N) is 1. The Balaban J connectivity index is 0.00000112. The second-order valence-corrected chi connectivity index (χ2v) is 4.69. The van der Waals surface area contributed by atoms with E-state index in [1.54, 1.807) is 0 Å². The predicted octanol–water partition coefficient (Wildman–Crippen LogP) is 1.78. The van der Waals surface area contributed by atoms with E-state index >= 15 is 0 Å². The Morgan fingerprint density at radius 3 is 2.80 bits per heavy atom. The summed E-state index contributed by atoms with van der Waals surface area (Å²) < 4.78 is 0. The molecule has 1 aliphatic rings. The molecular weight excluding hydrogens is 232 g/mol. The van der Waals surface area contributed by atoms with Gasteiger partial charge in [-0.15, -0.1) is 12.4 Å². The normalized spacial score (nSPS) is 17.4. The zero-order valence-corrected chi connectivity index (χ0v) is 10.00. The maximum Gasteiger partial charge on any atom is 0.252 e. The molecule has 1 fully saturated rings. The van der Waals surface area contributed by atoms with Crippen molar-refractivity contribution < 1.29 is 4.79 Å². The first kappa shape index (κ1) is 12.5. The molecule has 1 aliphatic carbocycles. The summed E-state index contributed by atoms with van der Waals surface area (Å²) >= 11 is 1.53. The first-order valence-electron chi connectivity index (χ1n) is 4.79. The topological polar surface area (TPSA) is 55.1 Å². The third-order valence-corrected chi connectivity index (χ3v) is 3.42. The van der Waals surface area contributed by atoms with Crippen LogP contribution in [-0.2, 0) is 0 Å². The maximum absolute atomic E-state index is 11.5. The number of hydrogen-bond donors (Lipinski definition) is 2. The standard InChI is InChI=1S/C10H14N2OS.ClH/c11-10(3-1-4-10)7-12-9(13)8-2-5-14-6-8;/h2,5-6H,1,3-4,7,11H2,(H,12,13);1H. The Labute approximate surface area is 99.5 Å². The van der Waals surface area contributed by atoms with E-state index in [2.05, 4.69) is 5.32 Å². The molecule has 0 spiro atoms. The number of hydrogen-bond acceptors (Lipinski definition) is 3. The molecule has 3 N–H and O–H groups in total. The van der Waals surface area contributed by atoms with E-state index in [-0.39, 0.29) is 23.9 Å². The molecule has 1 amide bonds. The minimum absolute atomic E-state index is 0. The number of thiophene rings is 1. The second-order valence-electron chi connectivity index (χ2n) is 3.91. The first-order chi connectivity index (χ1) is 6.70. The van der Waals surface area contributed by atoms with Gasteiger partial charge < -0.3 is 11.1 Å². The number of halogens is 1. The lowest BCUT2D eigenvalue weighted by Gasteiger charge is -2.38. The van der Waals surface area contributed by atoms with Crippen molar-refractivity contribution in [1.82, 2.24) is 5.32 Å². The van der Waals surface area contributed by atoms with Crippen LogP contribution in [0, 0.1) is 0 Å². The summed E-state index contributed by atoms with van der Waals surface area (Å²) in [4.78, 5) is 11.5. The minimum atomic E-state index is -0.133. The van der Waals surface area contributed by atoms with Crippen LogP contribution in [0.3, 0.4) is 0 Å². The molecule has 2 rings (SSSR count). The van der Waals surface area contributed by atoms with Crippen molar-refractivity contribution in [3.8, 4) is 0 Å². The zero-order chi connectivity index (χ0) is 10.0. The molecule has 84 valence electrons. The summed E-state index contributed by atoms with van der Waals surface area (Å²) in [6.45, 7) is 0.599. The highest BCUT2D eigenvalue weighted by Gasteiger charge is 2.32. The van der Waals surface area contributed by atoms with Crippen LogP contribution < -0.4 is 11.1 Å². The van der Waals surface area contributed by atoms with Gasteiger partial charge in [-0.3, -0.25) is 4.79 Å². The molecule has 5 heteroatoms. The lowest BCUT2D eigenvalue weighted by Crippen LogP contribution is -2.54. The Kier molecular flexibility index (Phi) is 4.13. The molecule has 0 aromatic carbocycles. The molecule has 0 unspecified atom stereocenters. The average Bonchev–Trinajstić information content (AvgIpc) is 2.63. The highest BCUT2D eigenvalue weighted by atomic mass is 35.5. The van der Waals surface area contributed by atoms with Gasteiger partial charge in [0, 0.05) is 23.0 Å². The van der Waals surface area contributed by atoms with E-state index in [0.717, 1.165) is 18.4 Å². The second kappa shape index (κ2) is 4.96. The molecule has 1 aromatic heterocycles. The number of carbonyl (C=O) groups excluding carboxylic acids is 1.